The van der Waals surface area contributed by atoms with Crippen molar-refractivity contribution >= 4 is 48.0 Å². The fourth-order valence-electron chi connectivity index (χ4n) is 3.81. The molecular weight excluding hydrogens is 739 g/mol. The number of rotatable bonds is 1. The maximum absolute atomic E-state index is 12.4. The first-order chi connectivity index (χ1) is 16.3. The van der Waals surface area contributed by atoms with Gasteiger partial charge in [0.15, 0.2) is 0 Å². The summed E-state index contributed by atoms with van der Waals surface area (Å²) in [6.45, 7) is 0. The van der Waals surface area contributed by atoms with E-state index in [1.165, 1.54) is 12.1 Å². The summed E-state index contributed by atoms with van der Waals surface area (Å²) < 4.78 is 11.6. The number of aromatic hydroxyl groups is 2. The fraction of sp³-hybridized carbons (Fsp3) is 0.0870. The molecule has 8 nitrogen and oxygen atoms in total. The molecule has 3 aromatic carbocycles. The molecule has 36 heavy (non-hydrogen) atoms. The third kappa shape index (κ3) is 6.36. The summed E-state index contributed by atoms with van der Waals surface area (Å²) in [6.07, 6.45) is -0.633. The third-order valence-electron chi connectivity index (χ3n) is 5.07. The van der Waals surface area contributed by atoms with E-state index in [1.54, 1.807) is 24.3 Å². The van der Waals surface area contributed by atoms with Crippen molar-refractivity contribution in [2.75, 3.05) is 0 Å². The van der Waals surface area contributed by atoms with E-state index in [0.29, 0.717) is 28.2 Å². The van der Waals surface area contributed by atoms with E-state index < -0.39 is 34.5 Å². The van der Waals surface area contributed by atoms with E-state index in [2.05, 4.69) is 0 Å². The van der Waals surface area contributed by atoms with Crippen molar-refractivity contribution in [3.63, 3.8) is 0 Å². The van der Waals surface area contributed by atoms with Crippen molar-refractivity contribution in [1.29, 1.82) is 0 Å². The second-order valence-corrected chi connectivity index (χ2v) is 10.9. The molecule has 2 aliphatic heterocycles. The van der Waals surface area contributed by atoms with E-state index in [-0.39, 0.29) is 36.4 Å². The molecule has 0 saturated carbocycles. The van der Waals surface area contributed by atoms with Crippen LogP contribution in [0.1, 0.15) is 39.1 Å². The number of nitrogens with zero attached hydrogens (tertiary/aromatic N) is 1. The minimum absolute atomic E-state index is 0. The summed E-state index contributed by atoms with van der Waals surface area (Å²) in [7, 11) is 9.75. The SMILES string of the molecule is O=C1OC(C2c3cc(Cl)c(O)cc3Oc3cc(O)c(Cl)cc32)c2ccccc21.O=N[O-].[CH3-].[CH3-].[Cl][Pt+2][Cl]. The molecule has 0 radical (unpaired) electrons. The van der Waals surface area contributed by atoms with Crippen LogP contribution in [0.25, 0.3) is 0 Å². The van der Waals surface area contributed by atoms with E-state index in [0.717, 1.165) is 10.9 Å². The van der Waals surface area contributed by atoms with Crippen LogP contribution in [0.4, 0.5) is 0 Å². The van der Waals surface area contributed by atoms with Gasteiger partial charge in [0, 0.05) is 28.8 Å². The number of hydrogen-bond acceptors (Lipinski definition) is 8. The van der Waals surface area contributed by atoms with Gasteiger partial charge in [0.25, 0.3) is 0 Å². The van der Waals surface area contributed by atoms with Gasteiger partial charge in [-0.2, -0.15) is 0 Å². The van der Waals surface area contributed by atoms with Crippen LogP contribution in [0, 0.1) is 25.0 Å². The van der Waals surface area contributed by atoms with Gasteiger partial charge >= 0.3 is 41.3 Å². The van der Waals surface area contributed by atoms with Gasteiger partial charge < -0.3 is 44.7 Å². The van der Waals surface area contributed by atoms with E-state index in [4.69, 9.17) is 61.6 Å². The number of carbonyl (C=O) groups is 1. The van der Waals surface area contributed by atoms with Crippen molar-refractivity contribution in [1.82, 2.24) is 0 Å². The van der Waals surface area contributed by atoms with Gasteiger partial charge in [-0.3, -0.25) is 0 Å². The second-order valence-electron chi connectivity index (χ2n) is 6.80. The Labute approximate surface area is 234 Å². The predicted molar refractivity (Wildman–Crippen MR) is 136 cm³/mol. The minimum atomic E-state index is -0.633. The Balaban J connectivity index is 0.000000742. The van der Waals surface area contributed by atoms with Crippen LogP contribution < -0.4 is 4.74 Å². The molecule has 2 heterocycles. The van der Waals surface area contributed by atoms with Crippen LogP contribution in [0.2, 0.25) is 10.0 Å². The number of esters is 1. The zero-order chi connectivity index (χ0) is 25.0. The summed E-state index contributed by atoms with van der Waals surface area (Å²) in [5.74, 6) is -0.440. The van der Waals surface area contributed by atoms with Crippen molar-refractivity contribution in [2.24, 2.45) is 5.34 Å². The number of ether oxygens (including phenoxy) is 2. The Morgan fingerprint density at radius 3 is 1.81 bits per heavy atom. The van der Waals surface area contributed by atoms with E-state index in [1.807, 2.05) is 12.1 Å². The zero-order valence-corrected chi connectivity index (χ0v) is 23.8. The summed E-state index contributed by atoms with van der Waals surface area (Å²) in [5, 5.41) is 29.3. The van der Waals surface area contributed by atoms with Crippen molar-refractivity contribution in [3.05, 3.63) is 106 Å². The summed E-state index contributed by atoms with van der Waals surface area (Å²) in [6, 6.07) is 13.2. The van der Waals surface area contributed by atoms with Crippen LogP contribution >= 0.6 is 42.0 Å². The standard InChI is InChI=1S/C21H12Cl2O5.2CH3.2ClH.HNO2.Pt/c22-13-5-11-17(7-15(13)24)27-18-8-16(25)14(23)6-12(18)19(11)20-9-3-1-2-4-10(9)21(26)28-20;;;;;2-1-3;/h1-8,19-20,24-25H;2*1H3;2*1H;(H,2,3);/q;2*-1;;;;+4/p-3. The van der Waals surface area contributed by atoms with Gasteiger partial charge in [-0.25, -0.2) is 4.79 Å². The molecule has 196 valence electrons. The Bertz CT molecular complexity index is 1190. The maximum atomic E-state index is 12.4. The van der Waals surface area contributed by atoms with Gasteiger partial charge in [-0.15, -0.1) is 5.34 Å². The average molecular weight is 757 g/mol. The first kappa shape index (κ1) is 31.8. The van der Waals surface area contributed by atoms with Gasteiger partial charge in [0.1, 0.15) is 29.1 Å². The monoisotopic (exact) mass is 755 g/mol. The molecule has 0 aromatic heterocycles. The third-order valence-corrected chi connectivity index (χ3v) is 5.68. The number of fused-ring (bicyclic) bond motifs is 3. The summed E-state index contributed by atoms with van der Waals surface area (Å²) in [5.41, 5.74) is 2.53. The molecular formula is C23H18Cl4NO7Pt-. The average Bonchev–Trinajstić information content (AvgIpc) is 3.12. The van der Waals surface area contributed by atoms with Gasteiger partial charge in [0.2, 0.25) is 0 Å². The summed E-state index contributed by atoms with van der Waals surface area (Å²) in [4.78, 5) is 20.4. The molecule has 2 aliphatic rings. The predicted octanol–water partition coefficient (Wildman–Crippen LogP) is 8.08. The van der Waals surface area contributed by atoms with E-state index >= 15 is 0 Å². The Hall–Kier alpha value is -2.22. The molecule has 0 bridgehead atoms. The Kier molecular flexibility index (Phi) is 12.3. The number of hydrogen-bond donors (Lipinski definition) is 2. The molecule has 1 unspecified atom stereocenters. The number of benzene rings is 3. The quantitative estimate of drug-likeness (QED) is 0.111. The molecule has 0 fully saturated rings. The Morgan fingerprint density at radius 1 is 0.889 bits per heavy atom. The number of halogens is 4. The van der Waals surface area contributed by atoms with Crippen LogP contribution in [-0.4, -0.2) is 16.2 Å². The molecule has 0 spiro atoms. The van der Waals surface area contributed by atoms with Crippen LogP contribution in [0.3, 0.4) is 0 Å². The van der Waals surface area contributed by atoms with Crippen molar-refractivity contribution < 1.29 is 41.0 Å². The first-order valence-corrected chi connectivity index (χ1v) is 15.5. The first-order valence-electron chi connectivity index (χ1n) is 9.07. The molecule has 1 atom stereocenters. The van der Waals surface area contributed by atoms with Crippen LogP contribution in [0.15, 0.2) is 53.9 Å². The second kappa shape index (κ2) is 13.9. The van der Waals surface area contributed by atoms with Gasteiger partial charge in [0.05, 0.1) is 21.5 Å². The van der Waals surface area contributed by atoms with Crippen LogP contribution in [-0.2, 0) is 21.2 Å². The number of cyclic esters (lactones) is 1. The number of phenols is 2. The molecule has 5 rings (SSSR count). The van der Waals surface area contributed by atoms with Crippen molar-refractivity contribution in [3.8, 4) is 23.0 Å². The summed E-state index contributed by atoms with van der Waals surface area (Å²) >= 11 is 11.8. The molecule has 3 aromatic rings. The van der Waals surface area contributed by atoms with Gasteiger partial charge in [-0.1, -0.05) is 41.4 Å². The molecule has 0 aliphatic carbocycles. The number of phenolic OH excluding ortho intramolecular Hbond substituents is 2. The normalized spacial score (nSPS) is 14.4. The van der Waals surface area contributed by atoms with Crippen LogP contribution in [0.5, 0.6) is 23.0 Å². The number of carbonyl (C=O) groups excluding carboxylic acids is 1. The molecule has 0 amide bonds. The topological polar surface area (TPSA) is 128 Å². The van der Waals surface area contributed by atoms with Gasteiger partial charge in [-0.05, 0) is 18.2 Å². The van der Waals surface area contributed by atoms with Crippen molar-refractivity contribution in [2.45, 2.75) is 12.0 Å². The molecule has 2 N–H and O–H groups in total. The van der Waals surface area contributed by atoms with E-state index in [9.17, 15) is 15.0 Å². The molecule has 13 heteroatoms. The molecule has 0 saturated heterocycles. The fourth-order valence-corrected chi connectivity index (χ4v) is 4.16. The Morgan fingerprint density at radius 2 is 1.33 bits per heavy atom. The zero-order valence-electron chi connectivity index (χ0n) is 18.5.